The van der Waals surface area contributed by atoms with Crippen LogP contribution in [0.15, 0.2) is 0 Å². The molecule has 0 atom stereocenters. The fourth-order valence-electron chi connectivity index (χ4n) is 1.40. The third-order valence-electron chi connectivity index (χ3n) is 1.65. The number of rotatable bonds is 5. The summed E-state index contributed by atoms with van der Waals surface area (Å²) in [5.74, 6) is 0. The van der Waals surface area contributed by atoms with E-state index >= 15 is 0 Å². The Morgan fingerprint density at radius 2 is 1.75 bits per heavy atom. The van der Waals surface area contributed by atoms with Gasteiger partial charge < -0.3 is 10.0 Å². The second kappa shape index (κ2) is 5.55. The lowest BCUT2D eigenvalue weighted by atomic mass is 9.96. The van der Waals surface area contributed by atoms with Crippen LogP contribution in [-0.4, -0.2) is 36.2 Å². The topological polar surface area (TPSA) is 23.5 Å². The highest BCUT2D eigenvalue weighted by atomic mass is 16.3. The first kappa shape index (κ1) is 11.9. The number of aliphatic hydroxyl groups excluding tert-OH is 1. The zero-order valence-electron chi connectivity index (χ0n) is 8.93. The lowest BCUT2D eigenvalue weighted by molar-refractivity contribution is 0.152. The van der Waals surface area contributed by atoms with Gasteiger partial charge in [0.1, 0.15) is 0 Å². The molecule has 0 amide bonds. The van der Waals surface area contributed by atoms with Crippen LogP contribution in [0.5, 0.6) is 0 Å². The summed E-state index contributed by atoms with van der Waals surface area (Å²) in [6.07, 6.45) is 1.16. The molecule has 0 aliphatic heterocycles. The quantitative estimate of drug-likeness (QED) is 0.684. The maximum absolute atomic E-state index is 8.82. The van der Waals surface area contributed by atoms with E-state index in [1.807, 2.05) is 0 Å². The molecule has 0 bridgehead atoms. The van der Waals surface area contributed by atoms with Crippen molar-refractivity contribution in [3.05, 3.63) is 0 Å². The van der Waals surface area contributed by atoms with Gasteiger partial charge in [-0.25, -0.2) is 0 Å². The molecule has 0 aromatic rings. The Morgan fingerprint density at radius 3 is 2.08 bits per heavy atom. The van der Waals surface area contributed by atoms with Gasteiger partial charge in [-0.1, -0.05) is 27.7 Å². The average Bonchev–Trinajstić information content (AvgIpc) is 1.84. The van der Waals surface area contributed by atoms with Gasteiger partial charge in [0.05, 0.1) is 6.61 Å². The third-order valence-corrected chi connectivity index (χ3v) is 1.65. The van der Waals surface area contributed by atoms with Crippen molar-refractivity contribution >= 4 is 0 Å². The standard InChI is InChI=1S/C10H23NO/c1-5-6-11(7-8-12)9-10(2,3)4/h12H,5-9H2,1-4H3. The van der Waals surface area contributed by atoms with Gasteiger partial charge in [-0.05, 0) is 18.4 Å². The van der Waals surface area contributed by atoms with Gasteiger partial charge in [0.25, 0.3) is 0 Å². The van der Waals surface area contributed by atoms with E-state index in [0.717, 1.165) is 26.1 Å². The average molecular weight is 173 g/mol. The Bertz CT molecular complexity index is 101. The molecule has 0 rings (SSSR count). The Hall–Kier alpha value is -0.0800. The number of hydrogen-bond acceptors (Lipinski definition) is 2. The zero-order chi connectivity index (χ0) is 9.61. The Labute approximate surface area is 76.6 Å². The lowest BCUT2D eigenvalue weighted by Crippen LogP contribution is -2.35. The molecule has 1 N–H and O–H groups in total. The highest BCUT2D eigenvalue weighted by Crippen LogP contribution is 2.14. The lowest BCUT2D eigenvalue weighted by Gasteiger charge is -2.28. The van der Waals surface area contributed by atoms with Gasteiger partial charge in [0, 0.05) is 13.1 Å². The van der Waals surface area contributed by atoms with Gasteiger partial charge in [-0.3, -0.25) is 0 Å². The van der Waals surface area contributed by atoms with Crippen LogP contribution in [0.1, 0.15) is 34.1 Å². The zero-order valence-corrected chi connectivity index (χ0v) is 8.93. The maximum Gasteiger partial charge on any atom is 0.0558 e. The van der Waals surface area contributed by atoms with Gasteiger partial charge in [-0.15, -0.1) is 0 Å². The normalized spacial score (nSPS) is 12.5. The summed E-state index contributed by atoms with van der Waals surface area (Å²) in [7, 11) is 0. The number of nitrogens with zero attached hydrogens (tertiary/aromatic N) is 1. The second-order valence-corrected chi connectivity index (χ2v) is 4.56. The molecule has 12 heavy (non-hydrogen) atoms. The predicted octanol–water partition coefficient (Wildman–Crippen LogP) is 1.74. The molecule has 2 heteroatoms. The largest absolute Gasteiger partial charge is 0.395 e. The summed E-state index contributed by atoms with van der Waals surface area (Å²) in [4.78, 5) is 2.32. The van der Waals surface area contributed by atoms with Crippen molar-refractivity contribution in [2.75, 3.05) is 26.2 Å². The van der Waals surface area contributed by atoms with E-state index in [-0.39, 0.29) is 6.61 Å². The molecule has 0 aliphatic rings. The molecule has 0 heterocycles. The molecule has 2 nitrogen and oxygen atoms in total. The van der Waals surface area contributed by atoms with Crippen molar-refractivity contribution in [2.45, 2.75) is 34.1 Å². The minimum atomic E-state index is 0.274. The summed E-state index contributed by atoms with van der Waals surface area (Å²) >= 11 is 0. The molecule has 74 valence electrons. The minimum Gasteiger partial charge on any atom is -0.395 e. The van der Waals surface area contributed by atoms with Crippen LogP contribution in [0, 0.1) is 5.41 Å². The summed E-state index contributed by atoms with van der Waals surface area (Å²) in [6.45, 7) is 12.1. The Kier molecular flexibility index (Phi) is 5.51. The van der Waals surface area contributed by atoms with E-state index in [0.29, 0.717) is 5.41 Å². The van der Waals surface area contributed by atoms with Gasteiger partial charge in [0.15, 0.2) is 0 Å². The van der Waals surface area contributed by atoms with Crippen LogP contribution in [-0.2, 0) is 0 Å². The monoisotopic (exact) mass is 173 g/mol. The van der Waals surface area contributed by atoms with E-state index in [1.165, 1.54) is 0 Å². The number of hydrogen-bond donors (Lipinski definition) is 1. The van der Waals surface area contributed by atoms with E-state index < -0.39 is 0 Å². The molecular weight excluding hydrogens is 150 g/mol. The van der Waals surface area contributed by atoms with Crippen molar-refractivity contribution in [1.29, 1.82) is 0 Å². The Balaban J connectivity index is 3.77. The van der Waals surface area contributed by atoms with E-state index in [2.05, 4.69) is 32.6 Å². The smallest absolute Gasteiger partial charge is 0.0558 e. The first-order chi connectivity index (χ1) is 5.49. The molecule has 0 unspecified atom stereocenters. The second-order valence-electron chi connectivity index (χ2n) is 4.56. The van der Waals surface area contributed by atoms with E-state index in [1.54, 1.807) is 0 Å². The van der Waals surface area contributed by atoms with Gasteiger partial charge in [0.2, 0.25) is 0 Å². The fourth-order valence-corrected chi connectivity index (χ4v) is 1.40. The fraction of sp³-hybridized carbons (Fsp3) is 1.00. The van der Waals surface area contributed by atoms with Crippen molar-refractivity contribution in [3.8, 4) is 0 Å². The van der Waals surface area contributed by atoms with Gasteiger partial charge >= 0.3 is 0 Å². The van der Waals surface area contributed by atoms with Crippen molar-refractivity contribution in [1.82, 2.24) is 4.90 Å². The first-order valence-corrected chi connectivity index (χ1v) is 4.83. The van der Waals surface area contributed by atoms with Crippen molar-refractivity contribution < 1.29 is 5.11 Å². The van der Waals surface area contributed by atoms with Crippen molar-refractivity contribution in [2.24, 2.45) is 5.41 Å². The van der Waals surface area contributed by atoms with Crippen LogP contribution in [0.4, 0.5) is 0 Å². The van der Waals surface area contributed by atoms with Crippen molar-refractivity contribution in [3.63, 3.8) is 0 Å². The molecule has 0 aliphatic carbocycles. The van der Waals surface area contributed by atoms with E-state index in [9.17, 15) is 0 Å². The molecule has 0 saturated carbocycles. The van der Waals surface area contributed by atoms with Crippen LogP contribution < -0.4 is 0 Å². The summed E-state index contributed by atoms with van der Waals surface area (Å²) in [5, 5.41) is 8.82. The molecule has 0 aromatic heterocycles. The first-order valence-electron chi connectivity index (χ1n) is 4.83. The molecule has 0 saturated heterocycles. The summed E-state index contributed by atoms with van der Waals surface area (Å²) in [6, 6.07) is 0. The molecule has 0 fully saturated rings. The van der Waals surface area contributed by atoms with Crippen LogP contribution >= 0.6 is 0 Å². The minimum absolute atomic E-state index is 0.274. The number of aliphatic hydroxyl groups is 1. The van der Waals surface area contributed by atoms with Crippen LogP contribution in [0.2, 0.25) is 0 Å². The highest BCUT2D eigenvalue weighted by molar-refractivity contribution is 4.68. The SMILES string of the molecule is CCCN(CCO)CC(C)(C)C. The maximum atomic E-state index is 8.82. The summed E-state index contributed by atoms with van der Waals surface area (Å²) < 4.78 is 0. The highest BCUT2D eigenvalue weighted by Gasteiger charge is 2.14. The predicted molar refractivity (Wildman–Crippen MR) is 53.3 cm³/mol. The van der Waals surface area contributed by atoms with Crippen LogP contribution in [0.25, 0.3) is 0 Å². The molecular formula is C10H23NO. The molecule has 0 spiro atoms. The van der Waals surface area contributed by atoms with E-state index in [4.69, 9.17) is 5.11 Å². The Morgan fingerprint density at radius 1 is 1.17 bits per heavy atom. The molecule has 0 aromatic carbocycles. The summed E-state index contributed by atoms with van der Waals surface area (Å²) in [5.41, 5.74) is 0.338. The van der Waals surface area contributed by atoms with Crippen LogP contribution in [0.3, 0.4) is 0 Å². The molecule has 0 radical (unpaired) electrons. The third kappa shape index (κ3) is 6.62. The van der Waals surface area contributed by atoms with Gasteiger partial charge in [-0.2, -0.15) is 0 Å².